The van der Waals surface area contributed by atoms with Gasteiger partial charge in [0.2, 0.25) is 11.9 Å². The molecule has 0 saturated heterocycles. The summed E-state index contributed by atoms with van der Waals surface area (Å²) in [4.78, 5) is 26.6. The fourth-order valence-corrected chi connectivity index (χ4v) is 5.49. The quantitative estimate of drug-likeness (QED) is 0.249. The summed E-state index contributed by atoms with van der Waals surface area (Å²) >= 11 is 0. The van der Waals surface area contributed by atoms with Crippen molar-refractivity contribution in [1.82, 2.24) is 29.3 Å². The average Bonchev–Trinajstić information content (AvgIpc) is 3.90. The van der Waals surface area contributed by atoms with E-state index in [9.17, 15) is 9.90 Å². The molecule has 0 amide bonds. The number of nitrogens with one attached hydrogen (secondary N) is 1. The molecule has 2 fully saturated rings. The highest BCUT2D eigenvalue weighted by Crippen LogP contribution is 2.41. The molecular weight excluding hydrogens is 523 g/mol. The Hall–Kier alpha value is -4.64. The Balaban J connectivity index is 1.26. The predicted octanol–water partition coefficient (Wildman–Crippen LogP) is 4.84. The molecule has 1 atom stereocenters. The van der Waals surface area contributed by atoms with E-state index < -0.39 is 18.0 Å². The van der Waals surface area contributed by atoms with Gasteiger partial charge in [0.15, 0.2) is 5.82 Å². The Morgan fingerprint density at radius 1 is 1.15 bits per heavy atom. The lowest BCUT2D eigenvalue weighted by molar-refractivity contribution is 0.282. The smallest absolute Gasteiger partial charge is 0.265 e. The van der Waals surface area contributed by atoms with Crippen LogP contribution in [0.15, 0.2) is 59.8 Å². The summed E-state index contributed by atoms with van der Waals surface area (Å²) in [5.74, 6) is 0.903. The van der Waals surface area contributed by atoms with Crippen molar-refractivity contribution in [2.24, 2.45) is 5.92 Å². The van der Waals surface area contributed by atoms with Crippen molar-refractivity contribution in [3.63, 3.8) is 0 Å². The standard InChI is InChI=1S/C30H29FN8O2/c1-16(17-5-6-17)39-14-21(13-33-39)34-30-36-27(35-29(32)37-30)22-3-2-4-25(23(22)15-40)38-10-9-19-11-20(18-7-8-18)12-24(31)26(19)28(38)41/h2-4,9-14,16-18,40H,5-8,15H2,1H3,(H3,32,34,35,36,37). The molecule has 11 heteroatoms. The van der Waals surface area contributed by atoms with Gasteiger partial charge in [-0.15, -0.1) is 0 Å². The van der Waals surface area contributed by atoms with Crippen LogP contribution < -0.4 is 16.6 Å². The van der Waals surface area contributed by atoms with Crippen LogP contribution in [0.5, 0.6) is 0 Å². The number of fused-ring (bicyclic) bond motifs is 1. The van der Waals surface area contributed by atoms with Crippen molar-refractivity contribution in [3.05, 3.63) is 82.3 Å². The van der Waals surface area contributed by atoms with Crippen LogP contribution in [0.4, 0.5) is 22.0 Å². The molecule has 2 aromatic carbocycles. The molecule has 2 aliphatic carbocycles. The number of aliphatic hydroxyl groups is 1. The first-order valence-corrected chi connectivity index (χ1v) is 13.8. The SMILES string of the molecule is CC(C1CC1)n1cc(Nc2nc(N)nc(-c3cccc(-n4ccc5cc(C6CC6)cc(F)c5c4=O)c3CO)n2)cn1. The summed E-state index contributed by atoms with van der Waals surface area (Å²) in [6, 6.07) is 10.6. The van der Waals surface area contributed by atoms with Crippen LogP contribution in [0, 0.1) is 11.7 Å². The van der Waals surface area contributed by atoms with E-state index in [1.165, 1.54) is 23.5 Å². The van der Waals surface area contributed by atoms with Crippen LogP contribution in [-0.4, -0.2) is 34.4 Å². The highest BCUT2D eigenvalue weighted by molar-refractivity contribution is 5.83. The Kier molecular flexibility index (Phi) is 6.04. The summed E-state index contributed by atoms with van der Waals surface area (Å²) < 4.78 is 18.4. The van der Waals surface area contributed by atoms with E-state index in [1.54, 1.807) is 36.7 Å². The van der Waals surface area contributed by atoms with Crippen molar-refractivity contribution >= 4 is 28.4 Å². The van der Waals surface area contributed by atoms with E-state index in [0.717, 1.165) is 18.4 Å². The van der Waals surface area contributed by atoms with Gasteiger partial charge in [-0.05, 0) is 73.6 Å². The minimum absolute atomic E-state index is 0.0121. The summed E-state index contributed by atoms with van der Waals surface area (Å²) in [6.45, 7) is 1.73. The van der Waals surface area contributed by atoms with Gasteiger partial charge in [-0.3, -0.25) is 14.0 Å². The molecule has 2 saturated carbocycles. The number of pyridine rings is 1. The molecular formula is C30H29FN8O2. The molecule has 3 aromatic heterocycles. The van der Waals surface area contributed by atoms with Gasteiger partial charge in [-0.25, -0.2) is 4.39 Å². The normalized spacial score (nSPS) is 15.8. The summed E-state index contributed by atoms with van der Waals surface area (Å²) in [6.07, 6.45) is 9.72. The van der Waals surface area contributed by atoms with Crippen molar-refractivity contribution in [2.75, 3.05) is 11.1 Å². The fraction of sp³-hybridized carbons (Fsp3) is 0.300. The number of halogens is 1. The molecule has 4 N–H and O–H groups in total. The molecule has 0 bridgehead atoms. The average molecular weight is 553 g/mol. The second kappa shape index (κ2) is 9.77. The minimum Gasteiger partial charge on any atom is -0.392 e. The number of anilines is 3. The van der Waals surface area contributed by atoms with Gasteiger partial charge in [-0.1, -0.05) is 18.2 Å². The Morgan fingerprint density at radius 3 is 2.73 bits per heavy atom. The molecule has 0 radical (unpaired) electrons. The zero-order valence-corrected chi connectivity index (χ0v) is 22.5. The summed E-state index contributed by atoms with van der Waals surface area (Å²) in [5, 5.41) is 18.6. The van der Waals surface area contributed by atoms with Crippen molar-refractivity contribution < 1.29 is 9.50 Å². The maximum atomic E-state index is 15.2. The number of rotatable bonds is 8. The van der Waals surface area contributed by atoms with Crippen LogP contribution in [0.2, 0.25) is 0 Å². The number of nitrogens with two attached hydrogens (primary N) is 1. The van der Waals surface area contributed by atoms with E-state index >= 15 is 4.39 Å². The van der Waals surface area contributed by atoms with Crippen molar-refractivity contribution in [3.8, 4) is 17.1 Å². The Bertz CT molecular complexity index is 1860. The maximum Gasteiger partial charge on any atom is 0.265 e. The minimum atomic E-state index is -0.541. The van der Waals surface area contributed by atoms with Gasteiger partial charge in [0.25, 0.3) is 5.56 Å². The first-order chi connectivity index (χ1) is 19.9. The molecule has 10 nitrogen and oxygen atoms in total. The number of nitrogen functional groups attached to an aromatic ring is 1. The second-order valence-electron chi connectivity index (χ2n) is 10.9. The topological polar surface area (TPSA) is 137 Å². The highest BCUT2D eigenvalue weighted by Gasteiger charge is 2.29. The third kappa shape index (κ3) is 4.71. The predicted molar refractivity (Wildman–Crippen MR) is 154 cm³/mol. The summed E-state index contributed by atoms with van der Waals surface area (Å²) in [5.41, 5.74) is 8.43. The van der Waals surface area contributed by atoms with Crippen LogP contribution in [0.1, 0.15) is 55.7 Å². The van der Waals surface area contributed by atoms with Gasteiger partial charge in [0.1, 0.15) is 5.82 Å². The zero-order chi connectivity index (χ0) is 28.2. The lowest BCUT2D eigenvalue weighted by atomic mass is 10.0. The molecule has 41 heavy (non-hydrogen) atoms. The number of nitrogens with zero attached hydrogens (tertiary/aromatic N) is 6. The zero-order valence-electron chi connectivity index (χ0n) is 22.5. The lowest BCUT2D eigenvalue weighted by Crippen LogP contribution is -2.20. The van der Waals surface area contributed by atoms with Crippen molar-refractivity contribution in [2.45, 2.75) is 51.2 Å². The monoisotopic (exact) mass is 552 g/mol. The highest BCUT2D eigenvalue weighted by atomic mass is 19.1. The molecule has 7 rings (SSSR count). The fourth-order valence-electron chi connectivity index (χ4n) is 5.49. The molecule has 1 unspecified atom stereocenters. The molecule has 0 aliphatic heterocycles. The molecule has 2 aliphatic rings. The van der Waals surface area contributed by atoms with Gasteiger partial charge in [0, 0.05) is 23.5 Å². The van der Waals surface area contributed by atoms with Crippen molar-refractivity contribution in [1.29, 1.82) is 0 Å². The first kappa shape index (κ1) is 25.3. The van der Waals surface area contributed by atoms with Crippen LogP contribution >= 0.6 is 0 Å². The van der Waals surface area contributed by atoms with Gasteiger partial charge in [-0.2, -0.15) is 20.1 Å². The Morgan fingerprint density at radius 2 is 1.98 bits per heavy atom. The third-order valence-corrected chi connectivity index (χ3v) is 8.07. The van der Waals surface area contributed by atoms with Crippen LogP contribution in [-0.2, 0) is 6.61 Å². The second-order valence-corrected chi connectivity index (χ2v) is 10.9. The number of hydrogen-bond donors (Lipinski definition) is 3. The van der Waals surface area contributed by atoms with Crippen LogP contribution in [0.25, 0.3) is 27.8 Å². The van der Waals surface area contributed by atoms with E-state index in [4.69, 9.17) is 5.73 Å². The third-order valence-electron chi connectivity index (χ3n) is 8.07. The maximum absolute atomic E-state index is 15.2. The number of benzene rings is 2. The van der Waals surface area contributed by atoms with E-state index in [1.807, 2.05) is 16.9 Å². The van der Waals surface area contributed by atoms with E-state index in [0.29, 0.717) is 45.8 Å². The van der Waals surface area contributed by atoms with Gasteiger partial charge < -0.3 is 16.2 Å². The number of hydrogen-bond acceptors (Lipinski definition) is 8. The van der Waals surface area contributed by atoms with Gasteiger partial charge >= 0.3 is 0 Å². The molecule has 5 aromatic rings. The summed E-state index contributed by atoms with van der Waals surface area (Å²) in [7, 11) is 0. The molecule has 3 heterocycles. The number of aromatic nitrogens is 6. The van der Waals surface area contributed by atoms with E-state index in [2.05, 4.69) is 32.3 Å². The first-order valence-electron chi connectivity index (χ1n) is 13.8. The molecule has 208 valence electrons. The van der Waals surface area contributed by atoms with Crippen LogP contribution in [0.3, 0.4) is 0 Å². The largest absolute Gasteiger partial charge is 0.392 e. The lowest BCUT2D eigenvalue weighted by Gasteiger charge is -2.16. The van der Waals surface area contributed by atoms with Gasteiger partial charge in [0.05, 0.1) is 35.6 Å². The number of aliphatic hydroxyl groups excluding tert-OH is 1. The molecule has 0 spiro atoms. The van der Waals surface area contributed by atoms with E-state index in [-0.39, 0.29) is 23.1 Å². The Labute approximate surface area is 234 Å².